The Labute approximate surface area is 118 Å². The predicted octanol–water partition coefficient (Wildman–Crippen LogP) is 2.96. The van der Waals surface area contributed by atoms with Gasteiger partial charge in [0.25, 0.3) is 0 Å². The Balaban J connectivity index is 1.65. The van der Waals surface area contributed by atoms with Crippen LogP contribution >= 0.6 is 0 Å². The fraction of sp³-hybridized carbons (Fsp3) is 0.235. The van der Waals surface area contributed by atoms with E-state index in [-0.39, 0.29) is 5.91 Å². The van der Waals surface area contributed by atoms with Gasteiger partial charge in [-0.25, -0.2) is 0 Å². The molecule has 3 nitrogen and oxygen atoms in total. The second kappa shape index (κ2) is 5.37. The van der Waals surface area contributed by atoms with Crippen LogP contribution < -0.4 is 9.64 Å². The number of para-hydroxylation sites is 2. The van der Waals surface area contributed by atoms with Crippen molar-refractivity contribution in [2.45, 2.75) is 13.3 Å². The summed E-state index contributed by atoms with van der Waals surface area (Å²) in [5, 5.41) is 0. The topological polar surface area (TPSA) is 29.5 Å². The van der Waals surface area contributed by atoms with Gasteiger partial charge in [-0.05, 0) is 30.2 Å². The summed E-state index contributed by atoms with van der Waals surface area (Å²) < 4.78 is 5.77. The van der Waals surface area contributed by atoms with Gasteiger partial charge in [0.05, 0.1) is 13.0 Å². The van der Waals surface area contributed by atoms with E-state index in [2.05, 4.69) is 0 Å². The van der Waals surface area contributed by atoms with Gasteiger partial charge in [0.2, 0.25) is 5.91 Å². The SMILES string of the molecule is Cc1ccccc1OCCN1C(=O)Cc2ccccc21. The summed E-state index contributed by atoms with van der Waals surface area (Å²) in [6, 6.07) is 15.9. The zero-order chi connectivity index (χ0) is 13.9. The van der Waals surface area contributed by atoms with Gasteiger partial charge in [-0.1, -0.05) is 36.4 Å². The van der Waals surface area contributed by atoms with Crippen molar-refractivity contribution in [2.24, 2.45) is 0 Å². The molecular weight excluding hydrogens is 250 g/mol. The van der Waals surface area contributed by atoms with Crippen LogP contribution in [0.1, 0.15) is 11.1 Å². The van der Waals surface area contributed by atoms with Crippen LogP contribution in [0.15, 0.2) is 48.5 Å². The zero-order valence-corrected chi connectivity index (χ0v) is 11.5. The van der Waals surface area contributed by atoms with Crippen LogP contribution in [0.3, 0.4) is 0 Å². The molecule has 0 spiro atoms. The summed E-state index contributed by atoms with van der Waals surface area (Å²) in [7, 11) is 0. The Morgan fingerprint density at radius 1 is 1.10 bits per heavy atom. The lowest BCUT2D eigenvalue weighted by atomic mass is 10.2. The number of hydrogen-bond acceptors (Lipinski definition) is 2. The van der Waals surface area contributed by atoms with Gasteiger partial charge in [-0.2, -0.15) is 0 Å². The van der Waals surface area contributed by atoms with Crippen molar-refractivity contribution in [3.63, 3.8) is 0 Å². The molecule has 2 aromatic carbocycles. The fourth-order valence-electron chi connectivity index (χ4n) is 2.53. The van der Waals surface area contributed by atoms with Crippen molar-refractivity contribution in [3.8, 4) is 5.75 Å². The first-order valence-corrected chi connectivity index (χ1v) is 6.82. The number of carbonyl (C=O) groups excluding carboxylic acids is 1. The molecule has 0 aliphatic carbocycles. The van der Waals surface area contributed by atoms with Crippen LogP contribution in [0.4, 0.5) is 5.69 Å². The largest absolute Gasteiger partial charge is 0.491 e. The fourth-order valence-corrected chi connectivity index (χ4v) is 2.53. The lowest BCUT2D eigenvalue weighted by Gasteiger charge is -2.18. The summed E-state index contributed by atoms with van der Waals surface area (Å²) in [5.41, 5.74) is 3.24. The Kier molecular flexibility index (Phi) is 3.42. The molecule has 20 heavy (non-hydrogen) atoms. The van der Waals surface area contributed by atoms with Gasteiger partial charge in [0.1, 0.15) is 12.4 Å². The van der Waals surface area contributed by atoms with Crippen molar-refractivity contribution < 1.29 is 9.53 Å². The lowest BCUT2D eigenvalue weighted by molar-refractivity contribution is -0.117. The number of hydrogen-bond donors (Lipinski definition) is 0. The molecule has 1 aliphatic rings. The third kappa shape index (κ3) is 2.39. The highest BCUT2D eigenvalue weighted by atomic mass is 16.5. The number of carbonyl (C=O) groups is 1. The smallest absolute Gasteiger partial charge is 0.231 e. The number of amides is 1. The third-order valence-electron chi connectivity index (χ3n) is 3.59. The van der Waals surface area contributed by atoms with Crippen molar-refractivity contribution in [1.29, 1.82) is 0 Å². The number of benzene rings is 2. The summed E-state index contributed by atoms with van der Waals surface area (Å²) in [4.78, 5) is 13.8. The van der Waals surface area contributed by atoms with E-state index in [9.17, 15) is 4.79 Å². The van der Waals surface area contributed by atoms with E-state index < -0.39 is 0 Å². The second-order valence-corrected chi connectivity index (χ2v) is 4.96. The van der Waals surface area contributed by atoms with Crippen LogP contribution in [0, 0.1) is 6.92 Å². The van der Waals surface area contributed by atoms with Gasteiger partial charge in [-0.15, -0.1) is 0 Å². The Bertz CT molecular complexity index is 636. The molecule has 0 fully saturated rings. The minimum Gasteiger partial charge on any atom is -0.491 e. The molecular formula is C17H17NO2. The number of nitrogens with zero attached hydrogens (tertiary/aromatic N) is 1. The van der Waals surface area contributed by atoms with Crippen LogP contribution in [-0.2, 0) is 11.2 Å². The summed E-state index contributed by atoms with van der Waals surface area (Å²) >= 11 is 0. The molecule has 0 aromatic heterocycles. The van der Waals surface area contributed by atoms with Gasteiger partial charge in [0.15, 0.2) is 0 Å². The maximum atomic E-state index is 12.0. The molecule has 0 atom stereocenters. The average molecular weight is 267 g/mol. The zero-order valence-electron chi connectivity index (χ0n) is 11.5. The van der Waals surface area contributed by atoms with Gasteiger partial charge in [0, 0.05) is 5.69 Å². The van der Waals surface area contributed by atoms with E-state index in [0.29, 0.717) is 19.6 Å². The number of ether oxygens (including phenoxy) is 1. The third-order valence-corrected chi connectivity index (χ3v) is 3.59. The first-order valence-electron chi connectivity index (χ1n) is 6.82. The van der Waals surface area contributed by atoms with Gasteiger partial charge in [-0.3, -0.25) is 4.79 Å². The summed E-state index contributed by atoms with van der Waals surface area (Å²) in [6.07, 6.45) is 0.501. The minimum absolute atomic E-state index is 0.152. The van der Waals surface area contributed by atoms with Crippen molar-refractivity contribution in [1.82, 2.24) is 0 Å². The first kappa shape index (κ1) is 12.7. The molecule has 0 saturated heterocycles. The van der Waals surface area contributed by atoms with Crippen molar-refractivity contribution in [2.75, 3.05) is 18.1 Å². The first-order chi connectivity index (χ1) is 9.75. The van der Waals surface area contributed by atoms with Crippen LogP contribution in [0.2, 0.25) is 0 Å². The molecule has 0 saturated carbocycles. The normalized spacial score (nSPS) is 13.4. The molecule has 0 N–H and O–H groups in total. The summed E-state index contributed by atoms with van der Waals surface area (Å²) in [5.74, 6) is 1.03. The Morgan fingerprint density at radius 2 is 1.85 bits per heavy atom. The minimum atomic E-state index is 0.152. The molecule has 1 aliphatic heterocycles. The van der Waals surface area contributed by atoms with Crippen LogP contribution in [0.5, 0.6) is 5.75 Å². The maximum Gasteiger partial charge on any atom is 0.231 e. The van der Waals surface area contributed by atoms with Crippen LogP contribution in [0.25, 0.3) is 0 Å². The Hall–Kier alpha value is -2.29. The molecule has 3 heteroatoms. The highest BCUT2D eigenvalue weighted by Crippen LogP contribution is 2.28. The highest BCUT2D eigenvalue weighted by Gasteiger charge is 2.26. The molecule has 0 bridgehead atoms. The van der Waals surface area contributed by atoms with Crippen LogP contribution in [-0.4, -0.2) is 19.1 Å². The average Bonchev–Trinajstić information content (AvgIpc) is 2.77. The Morgan fingerprint density at radius 3 is 2.70 bits per heavy atom. The van der Waals surface area contributed by atoms with E-state index in [1.54, 1.807) is 0 Å². The number of anilines is 1. The maximum absolute atomic E-state index is 12.0. The lowest BCUT2D eigenvalue weighted by Crippen LogP contribution is -2.31. The molecule has 3 rings (SSSR count). The van der Waals surface area contributed by atoms with E-state index in [0.717, 1.165) is 22.6 Å². The quantitative estimate of drug-likeness (QED) is 0.852. The number of fused-ring (bicyclic) bond motifs is 1. The van der Waals surface area contributed by atoms with Crippen molar-refractivity contribution in [3.05, 3.63) is 59.7 Å². The van der Waals surface area contributed by atoms with Gasteiger partial charge >= 0.3 is 0 Å². The standard InChI is InChI=1S/C17H17NO2/c1-13-6-2-5-9-16(13)20-11-10-18-15-8-4-3-7-14(15)12-17(18)19/h2-9H,10-12H2,1H3. The predicted molar refractivity (Wildman–Crippen MR) is 79.2 cm³/mol. The number of rotatable bonds is 4. The highest BCUT2D eigenvalue weighted by molar-refractivity contribution is 6.01. The van der Waals surface area contributed by atoms with Crippen molar-refractivity contribution >= 4 is 11.6 Å². The molecule has 1 amide bonds. The number of aryl methyl sites for hydroxylation is 1. The molecule has 102 valence electrons. The molecule has 2 aromatic rings. The van der Waals surface area contributed by atoms with Gasteiger partial charge < -0.3 is 9.64 Å². The van der Waals surface area contributed by atoms with E-state index in [1.165, 1.54) is 0 Å². The van der Waals surface area contributed by atoms with E-state index in [4.69, 9.17) is 4.74 Å². The van der Waals surface area contributed by atoms with E-state index >= 15 is 0 Å². The monoisotopic (exact) mass is 267 g/mol. The molecule has 0 radical (unpaired) electrons. The second-order valence-electron chi connectivity index (χ2n) is 4.96. The molecule has 0 unspecified atom stereocenters. The van der Waals surface area contributed by atoms with E-state index in [1.807, 2.05) is 60.4 Å². The molecule has 1 heterocycles. The summed E-state index contributed by atoms with van der Waals surface area (Å²) in [6.45, 7) is 3.11.